The second-order valence-electron chi connectivity index (χ2n) is 6.34. The van der Waals surface area contributed by atoms with Gasteiger partial charge in [-0.05, 0) is 17.2 Å². The SMILES string of the molecule is C[Si](C)(C)C(SC(=O)/C=C/c1ccccc1)c1ccccc1. The van der Waals surface area contributed by atoms with Crippen LogP contribution in [0.4, 0.5) is 0 Å². The van der Waals surface area contributed by atoms with Crippen molar-refractivity contribution in [3.63, 3.8) is 0 Å². The highest BCUT2D eigenvalue weighted by atomic mass is 32.2. The lowest BCUT2D eigenvalue weighted by Crippen LogP contribution is -2.29. The molecule has 0 heterocycles. The van der Waals surface area contributed by atoms with Gasteiger partial charge in [-0.1, -0.05) is 98.1 Å². The van der Waals surface area contributed by atoms with E-state index in [9.17, 15) is 4.79 Å². The molecule has 1 nitrogen and oxygen atoms in total. The highest BCUT2D eigenvalue weighted by Crippen LogP contribution is 2.38. The van der Waals surface area contributed by atoms with Crippen molar-refractivity contribution in [3.05, 3.63) is 77.9 Å². The topological polar surface area (TPSA) is 17.1 Å². The van der Waals surface area contributed by atoms with E-state index in [1.54, 1.807) is 6.08 Å². The maximum Gasteiger partial charge on any atom is 0.212 e. The molecule has 0 saturated heterocycles. The minimum atomic E-state index is -1.49. The zero-order valence-electron chi connectivity index (χ0n) is 13.3. The maximum absolute atomic E-state index is 12.3. The average Bonchev–Trinajstić information content (AvgIpc) is 2.51. The molecule has 2 rings (SSSR count). The summed E-state index contributed by atoms with van der Waals surface area (Å²) in [6.07, 6.45) is 3.58. The van der Waals surface area contributed by atoms with Gasteiger partial charge in [-0.25, -0.2) is 0 Å². The van der Waals surface area contributed by atoms with Crippen LogP contribution in [0.5, 0.6) is 0 Å². The summed E-state index contributed by atoms with van der Waals surface area (Å²) in [6.45, 7) is 6.93. The van der Waals surface area contributed by atoms with Gasteiger partial charge in [-0.3, -0.25) is 4.79 Å². The predicted octanol–water partition coefficient (Wildman–Crippen LogP) is 5.58. The predicted molar refractivity (Wildman–Crippen MR) is 101 cm³/mol. The van der Waals surface area contributed by atoms with Crippen LogP contribution >= 0.6 is 11.8 Å². The monoisotopic (exact) mass is 326 g/mol. The molecule has 0 radical (unpaired) electrons. The molecule has 2 aromatic rings. The number of hydrogen-bond donors (Lipinski definition) is 0. The quantitative estimate of drug-likeness (QED) is 0.527. The molecule has 0 aromatic heterocycles. The van der Waals surface area contributed by atoms with Gasteiger partial charge < -0.3 is 0 Å². The van der Waals surface area contributed by atoms with Crippen molar-refractivity contribution < 1.29 is 4.79 Å². The normalized spacial score (nSPS) is 13.2. The lowest BCUT2D eigenvalue weighted by atomic mass is 10.2. The number of hydrogen-bond acceptors (Lipinski definition) is 2. The average molecular weight is 327 g/mol. The molecule has 0 amide bonds. The number of benzene rings is 2. The Morgan fingerprint density at radius 2 is 1.50 bits per heavy atom. The van der Waals surface area contributed by atoms with Gasteiger partial charge in [0.05, 0.1) is 8.07 Å². The first-order chi connectivity index (χ1) is 10.5. The third kappa shape index (κ3) is 5.00. The van der Waals surface area contributed by atoms with Gasteiger partial charge in [0.1, 0.15) is 0 Å². The number of thioether (sulfide) groups is 1. The summed E-state index contributed by atoms with van der Waals surface area (Å²) in [7, 11) is -1.49. The van der Waals surface area contributed by atoms with Crippen LogP contribution in [0.25, 0.3) is 6.08 Å². The summed E-state index contributed by atoms with van der Waals surface area (Å²) in [5.41, 5.74) is 2.31. The van der Waals surface area contributed by atoms with Crippen molar-refractivity contribution in [2.45, 2.75) is 24.5 Å². The minimum Gasteiger partial charge on any atom is -0.282 e. The van der Waals surface area contributed by atoms with Crippen LogP contribution in [-0.2, 0) is 4.79 Å². The lowest BCUT2D eigenvalue weighted by molar-refractivity contribution is -0.107. The molecule has 3 heteroatoms. The zero-order chi connectivity index (χ0) is 16.0. The van der Waals surface area contributed by atoms with Gasteiger partial charge in [0.25, 0.3) is 0 Å². The molecule has 1 atom stereocenters. The highest BCUT2D eigenvalue weighted by Gasteiger charge is 2.30. The van der Waals surface area contributed by atoms with Gasteiger partial charge in [0.15, 0.2) is 0 Å². The zero-order valence-corrected chi connectivity index (χ0v) is 15.1. The van der Waals surface area contributed by atoms with Crippen LogP contribution in [0.3, 0.4) is 0 Å². The summed E-state index contributed by atoms with van der Waals surface area (Å²) in [5, 5.41) is 0.125. The Labute approximate surface area is 138 Å². The smallest absolute Gasteiger partial charge is 0.212 e. The molecular weight excluding hydrogens is 304 g/mol. The van der Waals surface area contributed by atoms with Crippen molar-refractivity contribution in [1.82, 2.24) is 0 Å². The highest BCUT2D eigenvalue weighted by molar-refractivity contribution is 8.15. The molecule has 0 bridgehead atoms. The van der Waals surface area contributed by atoms with E-state index in [0.29, 0.717) is 0 Å². The molecule has 0 N–H and O–H groups in total. The Kier molecular flexibility index (Phi) is 5.81. The summed E-state index contributed by atoms with van der Waals surface area (Å²) >= 11 is 1.46. The molecule has 2 aromatic carbocycles. The molecule has 22 heavy (non-hydrogen) atoms. The summed E-state index contributed by atoms with van der Waals surface area (Å²) in [5.74, 6) is 0. The Balaban J connectivity index is 2.11. The first kappa shape index (κ1) is 16.8. The maximum atomic E-state index is 12.3. The van der Waals surface area contributed by atoms with Crippen molar-refractivity contribution in [2.24, 2.45) is 0 Å². The van der Waals surface area contributed by atoms with E-state index < -0.39 is 8.07 Å². The van der Waals surface area contributed by atoms with E-state index in [2.05, 4.69) is 31.8 Å². The summed E-state index contributed by atoms with van der Waals surface area (Å²) < 4.78 is 0. The molecular formula is C19H22OSSi. The second kappa shape index (κ2) is 7.61. The molecule has 0 aliphatic rings. The van der Waals surface area contributed by atoms with E-state index >= 15 is 0 Å². The van der Waals surface area contributed by atoms with E-state index in [4.69, 9.17) is 0 Å². The number of rotatable bonds is 5. The van der Waals surface area contributed by atoms with Crippen molar-refractivity contribution in [3.8, 4) is 0 Å². The fourth-order valence-electron chi connectivity index (χ4n) is 2.26. The molecule has 114 valence electrons. The van der Waals surface area contributed by atoms with Gasteiger partial charge in [-0.15, -0.1) is 0 Å². The Morgan fingerprint density at radius 1 is 0.955 bits per heavy atom. The van der Waals surface area contributed by atoms with E-state index in [1.807, 2.05) is 54.6 Å². The third-order valence-corrected chi connectivity index (χ3v) is 8.59. The first-order valence-corrected chi connectivity index (χ1v) is 11.9. The first-order valence-electron chi connectivity index (χ1n) is 7.45. The fourth-order valence-corrected chi connectivity index (χ4v) is 5.88. The van der Waals surface area contributed by atoms with E-state index in [1.165, 1.54) is 17.3 Å². The van der Waals surface area contributed by atoms with Crippen LogP contribution in [0, 0.1) is 0 Å². The third-order valence-electron chi connectivity index (χ3n) is 3.33. The number of carbonyl (C=O) groups is 1. The van der Waals surface area contributed by atoms with E-state index in [0.717, 1.165) is 5.56 Å². The Bertz CT molecular complexity index is 629. The minimum absolute atomic E-state index is 0.125. The van der Waals surface area contributed by atoms with Gasteiger partial charge >= 0.3 is 0 Å². The van der Waals surface area contributed by atoms with Crippen LogP contribution < -0.4 is 0 Å². The summed E-state index contributed by atoms with van der Waals surface area (Å²) in [4.78, 5) is 12.6. The van der Waals surface area contributed by atoms with Crippen molar-refractivity contribution in [2.75, 3.05) is 0 Å². The van der Waals surface area contributed by atoms with Gasteiger partial charge in [-0.2, -0.15) is 0 Å². The second-order valence-corrected chi connectivity index (χ2v) is 13.2. The Morgan fingerprint density at radius 3 is 2.05 bits per heavy atom. The van der Waals surface area contributed by atoms with Gasteiger partial charge in [0.2, 0.25) is 5.12 Å². The Hall–Kier alpha value is -1.58. The molecule has 0 fully saturated rings. The molecule has 0 saturated carbocycles. The fraction of sp³-hybridized carbons (Fsp3) is 0.211. The lowest BCUT2D eigenvalue weighted by Gasteiger charge is -2.27. The largest absolute Gasteiger partial charge is 0.282 e. The molecule has 0 aliphatic carbocycles. The van der Waals surface area contributed by atoms with Crippen molar-refractivity contribution in [1.29, 1.82) is 0 Å². The van der Waals surface area contributed by atoms with Crippen LogP contribution in [0.15, 0.2) is 66.7 Å². The number of carbonyl (C=O) groups excluding carboxylic acids is 1. The van der Waals surface area contributed by atoms with Crippen LogP contribution in [0.1, 0.15) is 16.0 Å². The molecule has 0 spiro atoms. The van der Waals surface area contributed by atoms with Crippen LogP contribution in [-0.4, -0.2) is 13.2 Å². The van der Waals surface area contributed by atoms with E-state index in [-0.39, 0.29) is 9.99 Å². The summed E-state index contributed by atoms with van der Waals surface area (Å²) in [6, 6.07) is 20.3. The van der Waals surface area contributed by atoms with Gasteiger partial charge in [0, 0.05) is 4.87 Å². The van der Waals surface area contributed by atoms with Crippen LogP contribution in [0.2, 0.25) is 19.6 Å². The standard InChI is InChI=1S/C19H22OSSi/c1-22(2,3)19(17-12-8-5-9-13-17)21-18(20)15-14-16-10-6-4-7-11-16/h4-15,19H,1-3H3/b15-14+. The van der Waals surface area contributed by atoms with Crippen molar-refractivity contribution >= 4 is 31.0 Å². The molecule has 0 aliphatic heterocycles. The molecule has 1 unspecified atom stereocenters.